The van der Waals surface area contributed by atoms with Gasteiger partial charge < -0.3 is 5.32 Å². The highest BCUT2D eigenvalue weighted by molar-refractivity contribution is 9.10. The number of nitrogens with one attached hydrogen (secondary N) is 2. The van der Waals surface area contributed by atoms with Crippen LogP contribution in [0.25, 0.3) is 0 Å². The van der Waals surface area contributed by atoms with E-state index in [0.29, 0.717) is 22.0 Å². The third kappa shape index (κ3) is 4.72. The Balaban J connectivity index is 2.14. The second-order valence-electron chi connectivity index (χ2n) is 4.53. The van der Waals surface area contributed by atoms with E-state index in [9.17, 15) is 13.2 Å². The summed E-state index contributed by atoms with van der Waals surface area (Å²) in [7, 11) is -3.33. The number of hydrogen-bond donors (Lipinski definition) is 2. The average Bonchev–Trinajstić information content (AvgIpc) is 2.42. The molecule has 22 heavy (non-hydrogen) atoms. The molecule has 0 radical (unpaired) electrons. The monoisotopic (exact) mass is 402 g/mol. The van der Waals surface area contributed by atoms with Gasteiger partial charge in [-0.15, -0.1) is 0 Å². The maximum Gasteiger partial charge on any atom is 0.257 e. The van der Waals surface area contributed by atoms with Gasteiger partial charge >= 0.3 is 0 Å². The van der Waals surface area contributed by atoms with Gasteiger partial charge in [-0.25, -0.2) is 8.42 Å². The highest BCUT2D eigenvalue weighted by Crippen LogP contribution is 2.22. The van der Waals surface area contributed by atoms with Crippen molar-refractivity contribution in [3.8, 4) is 0 Å². The van der Waals surface area contributed by atoms with Gasteiger partial charge in [0.25, 0.3) is 5.91 Å². The number of benzene rings is 2. The molecule has 2 aromatic carbocycles. The van der Waals surface area contributed by atoms with Crippen molar-refractivity contribution in [2.75, 3.05) is 16.3 Å². The second kappa shape index (κ2) is 6.68. The van der Waals surface area contributed by atoms with Crippen LogP contribution in [0.15, 0.2) is 46.9 Å². The van der Waals surface area contributed by atoms with Gasteiger partial charge in [-0.3, -0.25) is 9.52 Å². The van der Waals surface area contributed by atoms with Crippen LogP contribution in [0.4, 0.5) is 11.4 Å². The van der Waals surface area contributed by atoms with E-state index in [2.05, 4.69) is 26.0 Å². The van der Waals surface area contributed by atoms with Gasteiger partial charge in [0.1, 0.15) is 0 Å². The molecule has 1 amide bonds. The number of carbonyl (C=O) groups excluding carboxylic acids is 1. The predicted molar refractivity (Wildman–Crippen MR) is 92.0 cm³/mol. The Kier molecular flexibility index (Phi) is 5.10. The van der Waals surface area contributed by atoms with Gasteiger partial charge in [0.05, 0.1) is 16.8 Å². The van der Waals surface area contributed by atoms with Gasteiger partial charge in [0.15, 0.2) is 0 Å². The summed E-state index contributed by atoms with van der Waals surface area (Å²) in [5.41, 5.74) is 1.29. The summed E-state index contributed by atoms with van der Waals surface area (Å²) < 4.78 is 25.3. The highest BCUT2D eigenvalue weighted by atomic mass is 79.9. The first kappa shape index (κ1) is 16.8. The molecule has 8 heteroatoms. The van der Waals surface area contributed by atoms with E-state index in [-0.39, 0.29) is 5.91 Å². The van der Waals surface area contributed by atoms with Gasteiger partial charge in [-0.2, -0.15) is 0 Å². The van der Waals surface area contributed by atoms with Crippen LogP contribution in [-0.2, 0) is 10.0 Å². The zero-order valence-corrected chi connectivity index (χ0v) is 14.6. The molecule has 0 aliphatic rings. The molecule has 0 saturated heterocycles. The standard InChI is InChI=1S/C14H12BrClN2O3S/c1-22(20,21)18-11-5-3-10(4-6-11)17-14(19)12-8-9(15)2-7-13(12)16/h2-8,18H,1H3,(H,17,19). The fourth-order valence-corrected chi connectivity index (χ4v) is 2.83. The molecule has 0 aliphatic carbocycles. The van der Waals surface area contributed by atoms with Crippen molar-refractivity contribution < 1.29 is 13.2 Å². The molecule has 2 rings (SSSR count). The van der Waals surface area contributed by atoms with Crippen LogP contribution in [0.2, 0.25) is 5.02 Å². The maximum atomic E-state index is 12.2. The van der Waals surface area contributed by atoms with E-state index in [1.165, 1.54) is 0 Å². The minimum Gasteiger partial charge on any atom is -0.322 e. The number of hydrogen-bond acceptors (Lipinski definition) is 3. The number of halogens is 2. The molecule has 2 N–H and O–H groups in total. The Hall–Kier alpha value is -1.57. The minimum absolute atomic E-state index is 0.342. The molecule has 0 spiro atoms. The molecule has 116 valence electrons. The zero-order chi connectivity index (χ0) is 16.3. The molecule has 0 aliphatic heterocycles. The lowest BCUT2D eigenvalue weighted by Gasteiger charge is -2.09. The normalized spacial score (nSPS) is 11.0. The summed E-state index contributed by atoms with van der Waals surface area (Å²) in [5.74, 6) is -0.352. The lowest BCUT2D eigenvalue weighted by Crippen LogP contribution is -2.13. The Labute approximate surface area is 141 Å². The Morgan fingerprint density at radius 2 is 1.68 bits per heavy atom. The Bertz CT molecular complexity index is 807. The SMILES string of the molecule is CS(=O)(=O)Nc1ccc(NC(=O)c2cc(Br)ccc2Cl)cc1. The van der Waals surface area contributed by atoms with Crippen LogP contribution in [0.1, 0.15) is 10.4 Å². The first-order valence-corrected chi connectivity index (χ1v) is 9.15. The van der Waals surface area contributed by atoms with E-state index in [0.717, 1.165) is 10.7 Å². The summed E-state index contributed by atoms with van der Waals surface area (Å²) in [6.45, 7) is 0. The van der Waals surface area contributed by atoms with Gasteiger partial charge in [0, 0.05) is 15.8 Å². The summed E-state index contributed by atoms with van der Waals surface area (Å²) >= 11 is 9.28. The van der Waals surface area contributed by atoms with Crippen molar-refractivity contribution >= 4 is 54.8 Å². The molecule has 0 fully saturated rings. The largest absolute Gasteiger partial charge is 0.322 e. The van der Waals surface area contributed by atoms with E-state index in [1.807, 2.05) is 0 Å². The molecule has 0 heterocycles. The second-order valence-corrected chi connectivity index (χ2v) is 7.60. The maximum absolute atomic E-state index is 12.2. The molecule has 0 atom stereocenters. The number of carbonyl (C=O) groups is 1. The third-order valence-corrected chi connectivity index (χ3v) is 4.05. The average molecular weight is 404 g/mol. The molecular formula is C14H12BrClN2O3S. The van der Waals surface area contributed by atoms with Gasteiger partial charge in [-0.05, 0) is 42.5 Å². The van der Waals surface area contributed by atoms with Crippen LogP contribution in [0.3, 0.4) is 0 Å². The smallest absolute Gasteiger partial charge is 0.257 e. The van der Waals surface area contributed by atoms with Crippen molar-refractivity contribution in [3.63, 3.8) is 0 Å². The summed E-state index contributed by atoms with van der Waals surface area (Å²) in [5, 5.41) is 3.04. The van der Waals surface area contributed by atoms with E-state index < -0.39 is 10.0 Å². The number of anilines is 2. The van der Waals surface area contributed by atoms with Crippen LogP contribution in [0, 0.1) is 0 Å². The predicted octanol–water partition coefficient (Wildman–Crippen LogP) is 3.73. The van der Waals surface area contributed by atoms with Gasteiger partial charge in [0.2, 0.25) is 10.0 Å². The fraction of sp³-hybridized carbons (Fsp3) is 0.0714. The zero-order valence-electron chi connectivity index (χ0n) is 11.4. The van der Waals surface area contributed by atoms with Crippen molar-refractivity contribution in [2.24, 2.45) is 0 Å². The lowest BCUT2D eigenvalue weighted by atomic mass is 10.2. The number of amides is 1. The van der Waals surface area contributed by atoms with E-state index in [1.54, 1.807) is 42.5 Å². The minimum atomic E-state index is -3.33. The van der Waals surface area contributed by atoms with Crippen LogP contribution in [0.5, 0.6) is 0 Å². The summed E-state index contributed by atoms with van der Waals surface area (Å²) in [6, 6.07) is 11.3. The van der Waals surface area contributed by atoms with Crippen LogP contribution in [-0.4, -0.2) is 20.6 Å². The quantitative estimate of drug-likeness (QED) is 0.817. The first-order valence-electron chi connectivity index (χ1n) is 6.09. The topological polar surface area (TPSA) is 75.3 Å². The third-order valence-electron chi connectivity index (χ3n) is 2.62. The van der Waals surface area contributed by atoms with Crippen molar-refractivity contribution in [1.82, 2.24) is 0 Å². The van der Waals surface area contributed by atoms with Crippen molar-refractivity contribution in [1.29, 1.82) is 0 Å². The number of rotatable bonds is 4. The van der Waals surface area contributed by atoms with E-state index >= 15 is 0 Å². The molecular weight excluding hydrogens is 392 g/mol. The molecule has 0 saturated carbocycles. The molecule has 5 nitrogen and oxygen atoms in total. The van der Waals surface area contributed by atoms with E-state index in [4.69, 9.17) is 11.6 Å². The Morgan fingerprint density at radius 3 is 2.27 bits per heavy atom. The lowest BCUT2D eigenvalue weighted by molar-refractivity contribution is 0.102. The van der Waals surface area contributed by atoms with Crippen molar-refractivity contribution in [3.05, 3.63) is 57.5 Å². The highest BCUT2D eigenvalue weighted by Gasteiger charge is 2.11. The fourth-order valence-electron chi connectivity index (χ4n) is 1.71. The van der Waals surface area contributed by atoms with Crippen LogP contribution >= 0.6 is 27.5 Å². The first-order chi connectivity index (χ1) is 10.2. The Morgan fingerprint density at radius 1 is 1.09 bits per heavy atom. The molecule has 0 aromatic heterocycles. The number of sulfonamides is 1. The molecule has 0 unspecified atom stereocenters. The summed E-state index contributed by atoms with van der Waals surface area (Å²) in [4.78, 5) is 12.2. The van der Waals surface area contributed by atoms with Crippen molar-refractivity contribution in [2.45, 2.75) is 0 Å². The van der Waals surface area contributed by atoms with Gasteiger partial charge in [-0.1, -0.05) is 27.5 Å². The molecule has 0 bridgehead atoms. The van der Waals surface area contributed by atoms with Crippen LogP contribution < -0.4 is 10.0 Å². The molecule has 2 aromatic rings. The summed E-state index contributed by atoms with van der Waals surface area (Å²) in [6.07, 6.45) is 1.07.